The van der Waals surface area contributed by atoms with Crippen molar-refractivity contribution in [2.45, 2.75) is 25.3 Å². The van der Waals surface area contributed by atoms with Crippen LogP contribution in [0.15, 0.2) is 42.9 Å². The molecule has 1 fully saturated rings. The average molecular weight is 295 g/mol. The Morgan fingerprint density at radius 2 is 2.00 bits per heavy atom. The number of rotatable bonds is 5. The van der Waals surface area contributed by atoms with Crippen LogP contribution < -0.4 is 0 Å². The highest BCUT2D eigenvalue weighted by Crippen LogP contribution is 2.32. The van der Waals surface area contributed by atoms with Crippen molar-refractivity contribution in [2.75, 3.05) is 19.6 Å². The molecule has 2 aromatic heterocycles. The molecule has 0 aliphatic carbocycles. The van der Waals surface area contributed by atoms with Gasteiger partial charge in [0.25, 0.3) is 0 Å². The van der Waals surface area contributed by atoms with Crippen molar-refractivity contribution < 1.29 is 0 Å². The van der Waals surface area contributed by atoms with Gasteiger partial charge in [0.05, 0.1) is 18.9 Å². The molecule has 1 aliphatic heterocycles. The molecule has 1 N–H and O–H groups in total. The maximum Gasteiger partial charge on any atom is 0.0693 e. The fraction of sp³-hybridized carbons (Fsp3) is 0.412. The Morgan fingerprint density at radius 3 is 2.91 bits per heavy atom. The molecule has 1 aliphatic rings. The maximum atomic E-state index is 4.15. The first-order valence-corrected chi connectivity index (χ1v) is 8.02. The second-order valence-corrected chi connectivity index (χ2v) is 6.05. The van der Waals surface area contributed by atoms with Crippen LogP contribution in [0.1, 0.15) is 24.3 Å². The predicted octanol–water partition coefficient (Wildman–Crippen LogP) is 2.64. The first kappa shape index (κ1) is 13.5. The van der Waals surface area contributed by atoms with Crippen LogP contribution in [0.25, 0.3) is 10.9 Å². The number of para-hydroxylation sites is 1. The van der Waals surface area contributed by atoms with E-state index in [0.717, 1.165) is 26.1 Å². The van der Waals surface area contributed by atoms with Gasteiger partial charge in [0.15, 0.2) is 0 Å². The lowest BCUT2D eigenvalue weighted by molar-refractivity contribution is 0.314. The highest BCUT2D eigenvalue weighted by Gasteiger charge is 2.25. The van der Waals surface area contributed by atoms with Crippen molar-refractivity contribution in [1.29, 1.82) is 0 Å². The summed E-state index contributed by atoms with van der Waals surface area (Å²) in [6.07, 6.45) is 8.04. The van der Waals surface area contributed by atoms with E-state index in [0.29, 0.717) is 5.92 Å². The average Bonchev–Trinajstić information content (AvgIpc) is 3.27. The molecule has 0 saturated carbocycles. The van der Waals surface area contributed by atoms with Crippen LogP contribution in [0.5, 0.6) is 0 Å². The highest BCUT2D eigenvalue weighted by molar-refractivity contribution is 5.83. The van der Waals surface area contributed by atoms with Crippen LogP contribution in [0.4, 0.5) is 0 Å². The second-order valence-electron chi connectivity index (χ2n) is 6.05. The third-order valence-corrected chi connectivity index (χ3v) is 4.63. The molecular weight excluding hydrogens is 274 g/mol. The lowest BCUT2D eigenvalue weighted by atomic mass is 9.98. The number of aromatic amines is 1. The van der Waals surface area contributed by atoms with E-state index in [4.69, 9.17) is 0 Å². The molecule has 4 rings (SSSR count). The minimum absolute atomic E-state index is 0.652. The summed E-state index contributed by atoms with van der Waals surface area (Å²) in [5.74, 6) is 0.652. The number of likely N-dealkylation sites (tertiary alicyclic amines) is 1. The summed E-state index contributed by atoms with van der Waals surface area (Å²) in [4.78, 5) is 7.74. The zero-order valence-electron chi connectivity index (χ0n) is 12.7. The zero-order valence-corrected chi connectivity index (χ0v) is 12.7. The van der Waals surface area contributed by atoms with Gasteiger partial charge in [-0.05, 0) is 43.5 Å². The Labute approximate surface area is 129 Å². The summed E-state index contributed by atoms with van der Waals surface area (Å²) in [7, 11) is 0. The van der Waals surface area contributed by atoms with E-state index < -0.39 is 0 Å². The number of fused-ring (bicyclic) bond motifs is 1. The van der Waals surface area contributed by atoms with Crippen LogP contribution in [0.2, 0.25) is 0 Å². The molecular formula is C17H21N5. The molecule has 5 heteroatoms. The number of aromatic nitrogens is 4. The van der Waals surface area contributed by atoms with Crippen LogP contribution in [-0.2, 0) is 6.54 Å². The Morgan fingerprint density at radius 1 is 1.14 bits per heavy atom. The molecule has 1 aromatic carbocycles. The summed E-state index contributed by atoms with van der Waals surface area (Å²) in [6, 6.07) is 8.60. The lowest BCUT2D eigenvalue weighted by Gasteiger charge is -2.15. The SMILES string of the molecule is c1ccc2c(C3CCN(CCCn4nccn4)C3)c[nH]c2c1. The number of aryl methyl sites for hydroxylation is 1. The van der Waals surface area contributed by atoms with Crippen LogP contribution in [0, 0.1) is 0 Å². The van der Waals surface area contributed by atoms with Gasteiger partial charge in [-0.15, -0.1) is 0 Å². The quantitative estimate of drug-likeness (QED) is 0.787. The van der Waals surface area contributed by atoms with Gasteiger partial charge in [0.1, 0.15) is 0 Å². The Balaban J connectivity index is 1.36. The summed E-state index contributed by atoms with van der Waals surface area (Å²) in [6.45, 7) is 4.38. The number of hydrogen-bond donors (Lipinski definition) is 1. The summed E-state index contributed by atoms with van der Waals surface area (Å²) in [5.41, 5.74) is 2.73. The molecule has 3 aromatic rings. The van der Waals surface area contributed by atoms with Gasteiger partial charge in [-0.1, -0.05) is 18.2 Å². The van der Waals surface area contributed by atoms with Crippen molar-refractivity contribution in [1.82, 2.24) is 24.9 Å². The fourth-order valence-corrected chi connectivity index (χ4v) is 3.52. The van der Waals surface area contributed by atoms with E-state index in [1.807, 2.05) is 0 Å². The molecule has 0 bridgehead atoms. The van der Waals surface area contributed by atoms with Crippen molar-refractivity contribution in [2.24, 2.45) is 0 Å². The van der Waals surface area contributed by atoms with Crippen molar-refractivity contribution in [3.05, 3.63) is 48.4 Å². The number of hydrogen-bond acceptors (Lipinski definition) is 3. The first-order chi connectivity index (χ1) is 10.9. The van der Waals surface area contributed by atoms with Crippen molar-refractivity contribution in [3.63, 3.8) is 0 Å². The van der Waals surface area contributed by atoms with Gasteiger partial charge < -0.3 is 9.88 Å². The molecule has 114 valence electrons. The van der Waals surface area contributed by atoms with Crippen LogP contribution in [-0.4, -0.2) is 44.5 Å². The number of nitrogens with zero attached hydrogens (tertiary/aromatic N) is 4. The zero-order chi connectivity index (χ0) is 14.8. The van der Waals surface area contributed by atoms with Crippen molar-refractivity contribution >= 4 is 10.9 Å². The maximum absolute atomic E-state index is 4.15. The topological polar surface area (TPSA) is 49.7 Å². The smallest absolute Gasteiger partial charge is 0.0693 e. The first-order valence-electron chi connectivity index (χ1n) is 8.02. The second kappa shape index (κ2) is 5.93. The molecule has 5 nitrogen and oxygen atoms in total. The minimum atomic E-state index is 0.652. The van der Waals surface area contributed by atoms with E-state index in [2.05, 4.69) is 50.5 Å². The monoisotopic (exact) mass is 295 g/mol. The molecule has 0 amide bonds. The molecule has 1 saturated heterocycles. The third kappa shape index (κ3) is 2.64. The molecule has 3 heterocycles. The van der Waals surface area contributed by atoms with Crippen LogP contribution >= 0.6 is 0 Å². The van der Waals surface area contributed by atoms with Gasteiger partial charge >= 0.3 is 0 Å². The lowest BCUT2D eigenvalue weighted by Crippen LogP contribution is -2.23. The normalized spacial score (nSPS) is 19.2. The summed E-state index contributed by atoms with van der Waals surface area (Å²) in [5, 5.41) is 9.69. The van der Waals surface area contributed by atoms with Gasteiger partial charge in [-0.3, -0.25) is 0 Å². The van der Waals surface area contributed by atoms with E-state index in [1.165, 1.54) is 29.4 Å². The van der Waals surface area contributed by atoms with E-state index in [-0.39, 0.29) is 0 Å². The Kier molecular flexibility index (Phi) is 3.64. The standard InChI is InChI=1S/C17H21N5/c1-2-5-17-15(4-1)16(12-18-17)14-6-11-21(13-14)9-3-10-22-19-7-8-20-22/h1-2,4-5,7-8,12,14,18H,3,6,9-11,13H2. The van der Waals surface area contributed by atoms with Crippen LogP contribution in [0.3, 0.4) is 0 Å². The molecule has 1 atom stereocenters. The predicted molar refractivity (Wildman–Crippen MR) is 86.7 cm³/mol. The van der Waals surface area contributed by atoms with Gasteiger partial charge in [0.2, 0.25) is 0 Å². The molecule has 0 spiro atoms. The fourth-order valence-electron chi connectivity index (χ4n) is 3.52. The summed E-state index contributed by atoms with van der Waals surface area (Å²) < 4.78 is 0. The number of H-pyrrole nitrogens is 1. The molecule has 1 unspecified atom stereocenters. The largest absolute Gasteiger partial charge is 0.361 e. The number of benzene rings is 1. The Hall–Kier alpha value is -2.14. The van der Waals surface area contributed by atoms with Gasteiger partial charge in [-0.2, -0.15) is 15.0 Å². The molecule has 0 radical (unpaired) electrons. The Bertz CT molecular complexity index is 730. The van der Waals surface area contributed by atoms with E-state index in [9.17, 15) is 0 Å². The minimum Gasteiger partial charge on any atom is -0.361 e. The third-order valence-electron chi connectivity index (χ3n) is 4.63. The van der Waals surface area contributed by atoms with Gasteiger partial charge in [-0.25, -0.2) is 0 Å². The number of nitrogens with one attached hydrogen (secondary N) is 1. The van der Waals surface area contributed by atoms with Gasteiger partial charge in [0, 0.05) is 23.6 Å². The van der Waals surface area contributed by atoms with E-state index >= 15 is 0 Å². The molecule has 22 heavy (non-hydrogen) atoms. The van der Waals surface area contributed by atoms with Crippen molar-refractivity contribution in [3.8, 4) is 0 Å². The highest BCUT2D eigenvalue weighted by atomic mass is 15.5. The van der Waals surface area contributed by atoms with E-state index in [1.54, 1.807) is 17.2 Å². The summed E-state index contributed by atoms with van der Waals surface area (Å²) >= 11 is 0.